The van der Waals surface area contributed by atoms with Crippen LogP contribution in [0.5, 0.6) is 0 Å². The van der Waals surface area contributed by atoms with Gasteiger partial charge in [0.25, 0.3) is 0 Å². The van der Waals surface area contributed by atoms with Crippen LogP contribution in [0.15, 0.2) is 0 Å². The van der Waals surface area contributed by atoms with Crippen molar-refractivity contribution in [2.75, 3.05) is 31.2 Å². The van der Waals surface area contributed by atoms with Gasteiger partial charge in [0.1, 0.15) is 29.9 Å². The van der Waals surface area contributed by atoms with E-state index in [0.717, 1.165) is 51.4 Å². The van der Waals surface area contributed by atoms with E-state index in [4.69, 9.17) is 14.2 Å². The van der Waals surface area contributed by atoms with E-state index in [0.29, 0.717) is 19.4 Å². The van der Waals surface area contributed by atoms with Crippen molar-refractivity contribution in [3.8, 4) is 0 Å². The number of hydrogen-bond acceptors (Lipinski definition) is 8. The lowest BCUT2D eigenvalue weighted by Gasteiger charge is -2.32. The van der Waals surface area contributed by atoms with Crippen LogP contribution in [0.3, 0.4) is 0 Å². The van der Waals surface area contributed by atoms with Crippen molar-refractivity contribution >= 4 is 20.0 Å². The molecule has 0 bridgehead atoms. The van der Waals surface area contributed by atoms with Crippen LogP contribution in [-0.2, 0) is 34.3 Å². The Hall–Kier alpha value is -0.340. The van der Waals surface area contributed by atoms with E-state index in [-0.39, 0.29) is 30.8 Å². The summed E-state index contributed by atoms with van der Waals surface area (Å²) < 4.78 is 74.6. The van der Waals surface area contributed by atoms with Gasteiger partial charge in [0.15, 0.2) is 0 Å². The first-order valence-corrected chi connectivity index (χ1v) is 17.9. The number of ether oxygens (including phenoxy) is 3. The lowest BCUT2D eigenvalue weighted by Crippen LogP contribution is -2.51. The maximum Gasteiger partial charge on any atom is 0.211 e. The van der Waals surface area contributed by atoms with E-state index in [1.54, 1.807) is 0 Å². The Morgan fingerprint density at radius 2 is 1.13 bits per heavy atom. The van der Waals surface area contributed by atoms with Gasteiger partial charge in [-0.05, 0) is 26.7 Å². The molecule has 224 valence electrons. The quantitative estimate of drug-likeness (QED) is 0.210. The molecule has 3 heterocycles. The van der Waals surface area contributed by atoms with Crippen molar-refractivity contribution in [1.82, 2.24) is 14.3 Å². The molecule has 38 heavy (non-hydrogen) atoms. The van der Waals surface area contributed by atoms with Gasteiger partial charge in [-0.3, -0.25) is 0 Å². The zero-order valence-corrected chi connectivity index (χ0v) is 25.5. The minimum absolute atomic E-state index is 0.0788. The second-order valence-corrected chi connectivity index (χ2v) is 15.5. The van der Waals surface area contributed by atoms with Crippen molar-refractivity contribution in [2.45, 2.75) is 135 Å². The van der Waals surface area contributed by atoms with E-state index in [1.165, 1.54) is 12.8 Å². The highest BCUT2D eigenvalue weighted by molar-refractivity contribution is 7.89. The van der Waals surface area contributed by atoms with Gasteiger partial charge in [-0.15, -0.1) is 0 Å². The summed E-state index contributed by atoms with van der Waals surface area (Å²) in [6.07, 6.45) is 10.8. The average Bonchev–Trinajstić information content (AvgIpc) is 3.49. The molecule has 5 atom stereocenters. The Morgan fingerprint density at radius 1 is 0.684 bits per heavy atom. The van der Waals surface area contributed by atoms with Crippen LogP contribution in [0.1, 0.15) is 105 Å². The highest BCUT2D eigenvalue weighted by Crippen LogP contribution is 2.48. The van der Waals surface area contributed by atoms with Crippen LogP contribution in [0.4, 0.5) is 0 Å². The first-order valence-electron chi connectivity index (χ1n) is 14.6. The molecule has 3 saturated heterocycles. The van der Waals surface area contributed by atoms with Crippen LogP contribution < -0.4 is 9.44 Å². The van der Waals surface area contributed by atoms with Gasteiger partial charge in [0, 0.05) is 13.1 Å². The van der Waals surface area contributed by atoms with Crippen molar-refractivity contribution in [3.05, 3.63) is 0 Å². The molecular weight excluding hydrogens is 530 g/mol. The molecule has 3 aliphatic heterocycles. The molecule has 0 aromatic rings. The molecule has 0 aromatic heterocycles. The molecule has 0 unspecified atom stereocenters. The van der Waals surface area contributed by atoms with Crippen molar-refractivity contribution in [2.24, 2.45) is 0 Å². The van der Waals surface area contributed by atoms with Crippen LogP contribution >= 0.6 is 0 Å². The van der Waals surface area contributed by atoms with Gasteiger partial charge < -0.3 is 14.2 Å². The monoisotopic (exact) mass is 581 g/mol. The Kier molecular flexibility index (Phi) is 11.9. The van der Waals surface area contributed by atoms with Gasteiger partial charge in [0.05, 0.1) is 18.1 Å². The normalized spacial score (nSPS) is 31.3. The van der Waals surface area contributed by atoms with Crippen LogP contribution in [0, 0.1) is 0 Å². The highest BCUT2D eigenvalue weighted by atomic mass is 32.2. The van der Waals surface area contributed by atoms with E-state index in [2.05, 4.69) is 23.3 Å². The molecular formula is C26H51N3O7S2. The van der Waals surface area contributed by atoms with Crippen LogP contribution in [0.25, 0.3) is 0 Å². The Balaban J connectivity index is 1.50. The second-order valence-electron chi connectivity index (χ2n) is 11.6. The standard InChI is InChI=1S/C26H51N3O7S2/c1-5-7-9-11-13-15-17-37(30,31)27-20-25(3)23-29-22(19-34-23)35-26(4,24(29)36-25)21-28-38(32,33)18-16-14-12-10-8-6-2/h22-24,27-28H,5-21H2,1-4H3/t22-,23-,24-,25-,26-/m1/s1. The molecule has 12 heteroatoms. The molecule has 0 aromatic carbocycles. The summed E-state index contributed by atoms with van der Waals surface area (Å²) in [7, 11) is -6.89. The fraction of sp³-hybridized carbons (Fsp3) is 1.00. The summed E-state index contributed by atoms with van der Waals surface area (Å²) in [6, 6.07) is 0. The van der Waals surface area contributed by atoms with Crippen molar-refractivity contribution in [1.29, 1.82) is 0 Å². The SMILES string of the molecule is CCCCCCCCS(=O)(=O)NC[C@@]1(C)O[C@@H]2CO[C@H]3N2[C@@H]1O[C@]3(C)CNS(=O)(=O)CCCCCCCC. The minimum Gasteiger partial charge on any atom is -0.356 e. The van der Waals surface area contributed by atoms with Crippen molar-refractivity contribution < 1.29 is 31.0 Å². The Bertz CT molecular complexity index is 898. The zero-order chi connectivity index (χ0) is 27.9. The van der Waals surface area contributed by atoms with Crippen LogP contribution in [0.2, 0.25) is 0 Å². The Labute approximate surface area is 231 Å². The van der Waals surface area contributed by atoms with E-state index >= 15 is 0 Å². The lowest BCUT2D eigenvalue weighted by molar-refractivity contribution is -0.125. The molecule has 0 radical (unpaired) electrons. The second kappa shape index (κ2) is 14.0. The van der Waals surface area contributed by atoms with Gasteiger partial charge in [0.2, 0.25) is 20.0 Å². The maximum absolute atomic E-state index is 12.6. The minimum atomic E-state index is -3.44. The summed E-state index contributed by atoms with van der Waals surface area (Å²) in [5, 5.41) is 0. The summed E-state index contributed by atoms with van der Waals surface area (Å²) in [5.74, 6) is 0.190. The molecule has 3 rings (SSSR count). The number of nitrogens with zero attached hydrogens (tertiary/aromatic N) is 1. The molecule has 2 N–H and O–H groups in total. The fourth-order valence-corrected chi connectivity index (χ4v) is 8.06. The molecule has 0 spiro atoms. The maximum atomic E-state index is 12.6. The topological polar surface area (TPSA) is 123 Å². The average molecular weight is 582 g/mol. The van der Waals surface area contributed by atoms with E-state index in [1.807, 2.05) is 18.7 Å². The van der Waals surface area contributed by atoms with Gasteiger partial charge in [-0.2, -0.15) is 0 Å². The molecule has 0 amide bonds. The molecule has 0 saturated carbocycles. The number of rotatable bonds is 20. The first kappa shape index (κ1) is 32.2. The summed E-state index contributed by atoms with van der Waals surface area (Å²) in [4.78, 5) is 1.98. The van der Waals surface area contributed by atoms with Gasteiger partial charge >= 0.3 is 0 Å². The molecule has 3 aliphatic rings. The summed E-state index contributed by atoms with van der Waals surface area (Å²) in [6.45, 7) is 8.48. The lowest BCUT2D eigenvalue weighted by atomic mass is 10.1. The number of unbranched alkanes of at least 4 members (excludes halogenated alkanes) is 10. The third-order valence-electron chi connectivity index (χ3n) is 7.92. The van der Waals surface area contributed by atoms with Gasteiger partial charge in [-0.25, -0.2) is 31.2 Å². The molecule has 3 fully saturated rings. The highest BCUT2D eigenvalue weighted by Gasteiger charge is 2.67. The Morgan fingerprint density at radius 3 is 1.63 bits per heavy atom. The van der Waals surface area contributed by atoms with E-state index in [9.17, 15) is 16.8 Å². The third-order valence-corrected chi connectivity index (χ3v) is 10.7. The molecule has 0 aliphatic carbocycles. The molecule has 10 nitrogen and oxygen atoms in total. The number of nitrogens with one attached hydrogen (secondary N) is 2. The van der Waals surface area contributed by atoms with Gasteiger partial charge in [-0.1, -0.05) is 78.1 Å². The third kappa shape index (κ3) is 8.58. The predicted molar refractivity (Wildman–Crippen MR) is 148 cm³/mol. The summed E-state index contributed by atoms with van der Waals surface area (Å²) >= 11 is 0. The fourth-order valence-electron chi connectivity index (χ4n) is 5.59. The summed E-state index contributed by atoms with van der Waals surface area (Å²) in [5.41, 5.74) is -1.84. The first-order chi connectivity index (χ1) is 18.0. The zero-order valence-electron chi connectivity index (χ0n) is 23.9. The van der Waals surface area contributed by atoms with Crippen molar-refractivity contribution in [3.63, 3.8) is 0 Å². The number of hydrogen-bond donors (Lipinski definition) is 2. The smallest absolute Gasteiger partial charge is 0.211 e. The predicted octanol–water partition coefficient (Wildman–Crippen LogP) is 3.43. The van der Waals surface area contributed by atoms with Crippen LogP contribution in [-0.4, -0.2) is 82.8 Å². The van der Waals surface area contributed by atoms with E-state index < -0.39 is 43.7 Å². The largest absolute Gasteiger partial charge is 0.356 e. The number of sulfonamides is 2.